The summed E-state index contributed by atoms with van der Waals surface area (Å²) in [7, 11) is 0. The molecule has 0 unspecified atom stereocenters. The minimum absolute atomic E-state index is 0.0811. The number of hydrogen-bond acceptors (Lipinski definition) is 8. The molecule has 190 valence electrons. The predicted molar refractivity (Wildman–Crippen MR) is 142 cm³/mol. The van der Waals surface area contributed by atoms with E-state index in [0.717, 1.165) is 28.7 Å². The predicted octanol–water partition coefficient (Wildman–Crippen LogP) is 5.30. The number of nitrogens with zero attached hydrogens (tertiary/aromatic N) is 3. The van der Waals surface area contributed by atoms with Gasteiger partial charge < -0.3 is 10.1 Å². The highest BCUT2D eigenvalue weighted by atomic mass is 35.5. The van der Waals surface area contributed by atoms with E-state index in [4.69, 9.17) is 16.3 Å². The number of aryl methyl sites for hydroxylation is 2. The van der Waals surface area contributed by atoms with Crippen LogP contribution >= 0.6 is 23.4 Å². The minimum atomic E-state index is -0.477. The summed E-state index contributed by atoms with van der Waals surface area (Å²) >= 11 is 7.02. The highest BCUT2D eigenvalue weighted by Crippen LogP contribution is 2.35. The zero-order valence-corrected chi connectivity index (χ0v) is 22.3. The SMILES string of the molecule is Cc1cc(C)nc(SC2=C(Nc3ccc(C(=O)OC(C)C)cc3)C(=O)N(Cc3ccc(Cl)cc3)C2=O)n1. The van der Waals surface area contributed by atoms with Gasteiger partial charge in [-0.3, -0.25) is 14.5 Å². The van der Waals surface area contributed by atoms with Crippen molar-refractivity contribution in [2.75, 3.05) is 5.32 Å². The maximum atomic E-state index is 13.5. The molecule has 0 aliphatic carbocycles. The molecule has 37 heavy (non-hydrogen) atoms. The van der Waals surface area contributed by atoms with Gasteiger partial charge in [-0.25, -0.2) is 14.8 Å². The number of amides is 2. The second-order valence-electron chi connectivity index (χ2n) is 8.72. The third-order valence-corrected chi connectivity index (χ3v) is 6.47. The van der Waals surface area contributed by atoms with Gasteiger partial charge in [0.1, 0.15) is 10.6 Å². The number of esters is 1. The lowest BCUT2D eigenvalue weighted by Gasteiger charge is -2.15. The normalized spacial score (nSPS) is 13.5. The molecule has 10 heteroatoms. The molecule has 2 amide bonds. The van der Waals surface area contributed by atoms with Crippen LogP contribution < -0.4 is 5.32 Å². The summed E-state index contributed by atoms with van der Waals surface area (Å²) in [4.78, 5) is 49.3. The van der Waals surface area contributed by atoms with Crippen molar-refractivity contribution < 1.29 is 19.1 Å². The number of nitrogens with one attached hydrogen (secondary N) is 1. The number of thioether (sulfide) groups is 1. The largest absolute Gasteiger partial charge is 0.459 e. The van der Waals surface area contributed by atoms with E-state index in [2.05, 4.69) is 15.3 Å². The molecule has 0 saturated heterocycles. The fraction of sp³-hybridized carbons (Fsp3) is 0.222. The van der Waals surface area contributed by atoms with Crippen LogP contribution in [0.25, 0.3) is 0 Å². The molecule has 0 fully saturated rings. The fourth-order valence-corrected chi connectivity index (χ4v) is 4.75. The van der Waals surface area contributed by atoms with Crippen LogP contribution in [0, 0.1) is 13.8 Å². The van der Waals surface area contributed by atoms with Gasteiger partial charge in [-0.15, -0.1) is 0 Å². The second-order valence-corrected chi connectivity index (χ2v) is 10.1. The molecule has 1 N–H and O–H groups in total. The molecule has 1 aliphatic rings. The highest BCUT2D eigenvalue weighted by molar-refractivity contribution is 8.04. The maximum absolute atomic E-state index is 13.5. The van der Waals surface area contributed by atoms with Gasteiger partial charge in [0.15, 0.2) is 5.16 Å². The van der Waals surface area contributed by atoms with Crippen LogP contribution in [0.2, 0.25) is 5.02 Å². The first-order valence-corrected chi connectivity index (χ1v) is 12.7. The Labute approximate surface area is 224 Å². The number of carbonyl (C=O) groups is 3. The zero-order chi connectivity index (χ0) is 26.7. The lowest BCUT2D eigenvalue weighted by Crippen LogP contribution is -2.31. The Morgan fingerprint density at radius 2 is 1.62 bits per heavy atom. The van der Waals surface area contributed by atoms with Crippen molar-refractivity contribution in [2.24, 2.45) is 0 Å². The van der Waals surface area contributed by atoms with Gasteiger partial charge in [-0.1, -0.05) is 23.7 Å². The smallest absolute Gasteiger partial charge is 0.338 e. The molecule has 0 radical (unpaired) electrons. The van der Waals surface area contributed by atoms with Crippen molar-refractivity contribution in [3.63, 3.8) is 0 Å². The fourth-order valence-electron chi connectivity index (χ4n) is 3.62. The quantitative estimate of drug-likeness (QED) is 0.235. The molecular formula is C27H25ClN4O4S. The van der Waals surface area contributed by atoms with Crippen LogP contribution in [0.4, 0.5) is 5.69 Å². The number of hydrogen-bond donors (Lipinski definition) is 1. The topological polar surface area (TPSA) is 101 Å². The van der Waals surface area contributed by atoms with Gasteiger partial charge in [0.2, 0.25) is 0 Å². The van der Waals surface area contributed by atoms with E-state index in [1.54, 1.807) is 62.4 Å². The van der Waals surface area contributed by atoms with Crippen LogP contribution in [0.3, 0.4) is 0 Å². The van der Waals surface area contributed by atoms with Crippen molar-refractivity contribution in [3.8, 4) is 0 Å². The van der Waals surface area contributed by atoms with E-state index in [-0.39, 0.29) is 23.3 Å². The lowest BCUT2D eigenvalue weighted by molar-refractivity contribution is -0.137. The highest BCUT2D eigenvalue weighted by Gasteiger charge is 2.39. The van der Waals surface area contributed by atoms with Crippen molar-refractivity contribution >= 4 is 46.8 Å². The van der Waals surface area contributed by atoms with Gasteiger partial charge in [-0.2, -0.15) is 0 Å². The van der Waals surface area contributed by atoms with Crippen molar-refractivity contribution in [1.82, 2.24) is 14.9 Å². The first kappa shape index (κ1) is 26.4. The maximum Gasteiger partial charge on any atom is 0.338 e. The third-order valence-electron chi connectivity index (χ3n) is 5.27. The number of halogens is 1. The summed E-state index contributed by atoms with van der Waals surface area (Å²) < 4.78 is 5.22. The average Bonchev–Trinajstić information content (AvgIpc) is 3.04. The first-order chi connectivity index (χ1) is 17.6. The lowest BCUT2D eigenvalue weighted by atomic mass is 10.2. The van der Waals surface area contributed by atoms with Crippen LogP contribution in [0.1, 0.15) is 41.2 Å². The van der Waals surface area contributed by atoms with Gasteiger partial charge >= 0.3 is 5.97 Å². The number of benzene rings is 2. The summed E-state index contributed by atoms with van der Waals surface area (Å²) in [5.74, 6) is -1.37. The molecule has 2 heterocycles. The van der Waals surface area contributed by atoms with E-state index in [1.807, 2.05) is 19.9 Å². The third kappa shape index (κ3) is 6.36. The van der Waals surface area contributed by atoms with Crippen molar-refractivity contribution in [3.05, 3.63) is 92.7 Å². The minimum Gasteiger partial charge on any atom is -0.459 e. The van der Waals surface area contributed by atoms with Crippen LogP contribution in [0.15, 0.2) is 70.4 Å². The first-order valence-electron chi connectivity index (χ1n) is 11.5. The second kappa shape index (κ2) is 11.1. The Balaban J connectivity index is 1.64. The molecule has 1 aromatic heterocycles. The number of rotatable bonds is 8. The molecule has 3 aromatic rings. The molecule has 0 spiro atoms. The van der Waals surface area contributed by atoms with Gasteiger partial charge in [0, 0.05) is 22.1 Å². The molecule has 4 rings (SSSR count). The van der Waals surface area contributed by atoms with Crippen LogP contribution in [-0.4, -0.2) is 38.8 Å². The van der Waals surface area contributed by atoms with E-state index < -0.39 is 17.8 Å². The van der Waals surface area contributed by atoms with Crippen LogP contribution in [0.5, 0.6) is 0 Å². The number of carbonyl (C=O) groups excluding carboxylic acids is 3. The Morgan fingerprint density at radius 1 is 1.00 bits per heavy atom. The monoisotopic (exact) mass is 536 g/mol. The molecule has 8 nitrogen and oxygen atoms in total. The van der Waals surface area contributed by atoms with Gasteiger partial charge in [0.25, 0.3) is 11.8 Å². The molecule has 2 aromatic carbocycles. The molecule has 0 atom stereocenters. The summed E-state index contributed by atoms with van der Waals surface area (Å²) in [6, 6.07) is 15.3. The van der Waals surface area contributed by atoms with E-state index in [1.165, 1.54) is 4.90 Å². The van der Waals surface area contributed by atoms with Crippen molar-refractivity contribution in [1.29, 1.82) is 0 Å². The van der Waals surface area contributed by atoms with E-state index in [0.29, 0.717) is 21.4 Å². The molecule has 0 saturated carbocycles. The Kier molecular flexibility index (Phi) is 7.94. The average molecular weight is 537 g/mol. The van der Waals surface area contributed by atoms with Gasteiger partial charge in [0.05, 0.1) is 18.2 Å². The summed E-state index contributed by atoms with van der Waals surface area (Å²) in [6.07, 6.45) is -0.240. The molecule has 0 bridgehead atoms. The Bertz CT molecular complexity index is 1370. The Hall–Kier alpha value is -3.69. The number of imide groups is 1. The standard InChI is InChI=1S/C27H25ClN4O4S/c1-15(2)36-26(35)19-7-11-21(12-8-19)31-22-23(37-27-29-16(3)13-17(4)30-27)25(34)32(24(22)33)14-18-5-9-20(28)10-6-18/h5-13,15,31H,14H2,1-4H3. The molecular weight excluding hydrogens is 512 g/mol. The van der Waals surface area contributed by atoms with Crippen LogP contribution in [-0.2, 0) is 20.9 Å². The van der Waals surface area contributed by atoms with E-state index >= 15 is 0 Å². The number of aromatic nitrogens is 2. The van der Waals surface area contributed by atoms with E-state index in [9.17, 15) is 14.4 Å². The zero-order valence-electron chi connectivity index (χ0n) is 20.7. The number of ether oxygens (including phenoxy) is 1. The number of anilines is 1. The van der Waals surface area contributed by atoms with Crippen molar-refractivity contribution in [2.45, 2.75) is 45.5 Å². The van der Waals surface area contributed by atoms with Gasteiger partial charge in [-0.05, 0) is 87.5 Å². The summed E-state index contributed by atoms with van der Waals surface area (Å²) in [5.41, 5.74) is 3.29. The summed E-state index contributed by atoms with van der Waals surface area (Å²) in [5, 5.41) is 4.00. The Morgan fingerprint density at radius 3 is 2.22 bits per heavy atom. The molecule has 1 aliphatic heterocycles. The summed E-state index contributed by atoms with van der Waals surface area (Å²) in [6.45, 7) is 7.31.